The Morgan fingerprint density at radius 1 is 0.844 bits per heavy atom. The number of aromatic nitrogens is 2. The fourth-order valence-corrected chi connectivity index (χ4v) is 4.78. The molecule has 2 aromatic heterocycles. The number of nitrogens with zero attached hydrogens (tertiary/aromatic N) is 2. The third-order valence-corrected chi connectivity index (χ3v) is 6.05. The minimum Gasteiger partial charge on any atom is -0.461 e. The maximum Gasteiger partial charge on any atom is 0.355 e. The van der Waals surface area contributed by atoms with Gasteiger partial charge in [-0.1, -0.05) is 68.4 Å². The second kappa shape index (κ2) is 9.79. The van der Waals surface area contributed by atoms with Gasteiger partial charge in [0.25, 0.3) is 0 Å². The van der Waals surface area contributed by atoms with Gasteiger partial charge in [0.15, 0.2) is 0 Å². The molecule has 0 N–H and O–H groups in total. The van der Waals surface area contributed by atoms with Crippen LogP contribution in [0.2, 0.25) is 0 Å². The summed E-state index contributed by atoms with van der Waals surface area (Å²) in [6, 6.07) is 30.5. The van der Waals surface area contributed by atoms with Gasteiger partial charge in [0, 0.05) is 21.4 Å². The molecule has 2 heterocycles. The molecule has 5 heteroatoms. The molecule has 0 amide bonds. The second-order valence-electron chi connectivity index (χ2n) is 6.87. The largest absolute Gasteiger partial charge is 0.461 e. The first-order valence-electron chi connectivity index (χ1n) is 10.9. The van der Waals surface area contributed by atoms with Gasteiger partial charge in [0.05, 0.1) is 12.1 Å². The standard InChI is InChI=1S/C25H20N2O2S.C2H6/c1-2-29-25(28)23-17-21-20-15-9-10-16-22(20)27(30-19-13-7-4-8-14-19)24(21)26(23)18-11-5-3-6-12-18;1-2/h3-17H,2H2,1H3;1-2H3. The molecule has 0 saturated carbocycles. The third kappa shape index (κ3) is 3.92. The Balaban J connectivity index is 0.00000119. The van der Waals surface area contributed by atoms with E-state index in [0.717, 1.165) is 32.5 Å². The van der Waals surface area contributed by atoms with Gasteiger partial charge in [-0.3, -0.25) is 8.54 Å². The second-order valence-corrected chi connectivity index (χ2v) is 7.89. The van der Waals surface area contributed by atoms with Gasteiger partial charge in [-0.2, -0.15) is 0 Å². The molecule has 0 bridgehead atoms. The summed E-state index contributed by atoms with van der Waals surface area (Å²) >= 11 is 1.64. The van der Waals surface area contributed by atoms with Gasteiger partial charge in [-0.15, -0.1) is 0 Å². The van der Waals surface area contributed by atoms with Gasteiger partial charge in [0.2, 0.25) is 0 Å². The highest BCUT2D eigenvalue weighted by atomic mass is 32.2. The van der Waals surface area contributed by atoms with Crippen molar-refractivity contribution in [3.05, 3.63) is 96.7 Å². The van der Waals surface area contributed by atoms with Crippen LogP contribution in [0.1, 0.15) is 31.3 Å². The number of hydrogen-bond acceptors (Lipinski definition) is 3. The lowest BCUT2D eigenvalue weighted by Gasteiger charge is -2.13. The number of carbonyl (C=O) groups excluding carboxylic acids is 1. The number of ether oxygens (including phenoxy) is 1. The molecule has 0 aliphatic carbocycles. The van der Waals surface area contributed by atoms with Crippen LogP contribution < -0.4 is 0 Å². The zero-order chi connectivity index (χ0) is 22.5. The van der Waals surface area contributed by atoms with Crippen LogP contribution in [0.15, 0.2) is 95.9 Å². The Hall–Kier alpha value is -3.44. The molecule has 5 rings (SSSR count). The highest BCUT2D eigenvalue weighted by molar-refractivity contribution is 7.98. The Labute approximate surface area is 192 Å². The van der Waals surface area contributed by atoms with Crippen molar-refractivity contribution in [1.29, 1.82) is 0 Å². The van der Waals surface area contributed by atoms with E-state index in [2.05, 4.69) is 28.2 Å². The van der Waals surface area contributed by atoms with Crippen LogP contribution in [0.3, 0.4) is 0 Å². The van der Waals surface area contributed by atoms with E-state index in [-0.39, 0.29) is 5.97 Å². The fraction of sp³-hybridized carbons (Fsp3) is 0.148. The summed E-state index contributed by atoms with van der Waals surface area (Å²) in [5.74, 6) is -0.321. The molecule has 0 atom stereocenters. The molecule has 32 heavy (non-hydrogen) atoms. The van der Waals surface area contributed by atoms with E-state index in [9.17, 15) is 4.79 Å². The monoisotopic (exact) mass is 442 g/mol. The van der Waals surface area contributed by atoms with Crippen molar-refractivity contribution < 1.29 is 9.53 Å². The third-order valence-electron chi connectivity index (χ3n) is 5.02. The summed E-state index contributed by atoms with van der Waals surface area (Å²) in [5, 5.41) is 2.14. The van der Waals surface area contributed by atoms with E-state index in [1.807, 2.05) is 92.1 Å². The molecule has 4 nitrogen and oxygen atoms in total. The number of benzene rings is 3. The van der Waals surface area contributed by atoms with Crippen molar-refractivity contribution >= 4 is 39.9 Å². The normalized spacial score (nSPS) is 10.7. The van der Waals surface area contributed by atoms with E-state index in [4.69, 9.17) is 4.74 Å². The van der Waals surface area contributed by atoms with Crippen molar-refractivity contribution in [2.45, 2.75) is 25.7 Å². The average Bonchev–Trinajstić information content (AvgIpc) is 3.38. The van der Waals surface area contributed by atoms with Crippen LogP contribution >= 0.6 is 11.9 Å². The Bertz CT molecular complexity index is 1340. The Morgan fingerprint density at radius 3 is 2.16 bits per heavy atom. The van der Waals surface area contributed by atoms with Crippen LogP contribution in [0.4, 0.5) is 0 Å². The highest BCUT2D eigenvalue weighted by Crippen LogP contribution is 2.38. The number of esters is 1. The number of fused-ring (bicyclic) bond motifs is 3. The number of carbonyl (C=O) groups is 1. The Kier molecular flexibility index (Phi) is 6.66. The molecule has 0 unspecified atom stereocenters. The molecule has 0 saturated heterocycles. The average molecular weight is 443 g/mol. The molecule has 0 aliphatic rings. The Morgan fingerprint density at radius 2 is 1.47 bits per heavy atom. The smallest absolute Gasteiger partial charge is 0.355 e. The predicted molar refractivity (Wildman–Crippen MR) is 134 cm³/mol. The van der Waals surface area contributed by atoms with Gasteiger partial charge in [0.1, 0.15) is 11.3 Å². The van der Waals surface area contributed by atoms with Crippen molar-refractivity contribution in [2.24, 2.45) is 0 Å². The van der Waals surface area contributed by atoms with Crippen LogP contribution in [-0.4, -0.2) is 21.1 Å². The first-order valence-corrected chi connectivity index (χ1v) is 11.7. The molecular weight excluding hydrogens is 416 g/mol. The summed E-state index contributed by atoms with van der Waals surface area (Å²) in [5.41, 5.74) is 3.52. The van der Waals surface area contributed by atoms with Gasteiger partial charge in [-0.05, 0) is 55.3 Å². The highest BCUT2D eigenvalue weighted by Gasteiger charge is 2.24. The maximum absolute atomic E-state index is 12.9. The SMILES string of the molecule is CC.CCOC(=O)c1cc2c3ccccc3n(Sc3ccccc3)c2n1-c1ccccc1. The minimum absolute atomic E-state index is 0.321. The maximum atomic E-state index is 12.9. The number of para-hydroxylation sites is 2. The molecular formula is C27H26N2O2S. The van der Waals surface area contributed by atoms with Crippen molar-refractivity contribution in [3.8, 4) is 5.69 Å². The lowest BCUT2D eigenvalue weighted by molar-refractivity contribution is 0.0517. The quantitative estimate of drug-likeness (QED) is 0.267. The summed E-state index contributed by atoms with van der Waals surface area (Å²) in [4.78, 5) is 14.0. The molecule has 0 radical (unpaired) electrons. The zero-order valence-electron chi connectivity index (χ0n) is 18.5. The lowest BCUT2D eigenvalue weighted by Crippen LogP contribution is -2.12. The van der Waals surface area contributed by atoms with E-state index >= 15 is 0 Å². The summed E-state index contributed by atoms with van der Waals surface area (Å²) in [6.07, 6.45) is 0. The number of rotatable bonds is 5. The van der Waals surface area contributed by atoms with Crippen molar-refractivity contribution in [2.75, 3.05) is 6.61 Å². The van der Waals surface area contributed by atoms with E-state index in [1.165, 1.54) is 0 Å². The fourth-order valence-electron chi connectivity index (χ4n) is 3.76. The van der Waals surface area contributed by atoms with Gasteiger partial charge in [-0.25, -0.2) is 4.79 Å². The summed E-state index contributed by atoms with van der Waals surface area (Å²) < 4.78 is 9.59. The summed E-state index contributed by atoms with van der Waals surface area (Å²) in [7, 11) is 0. The molecule has 5 aromatic rings. The zero-order valence-corrected chi connectivity index (χ0v) is 19.3. The first-order chi connectivity index (χ1) is 15.8. The minimum atomic E-state index is -0.321. The summed E-state index contributed by atoms with van der Waals surface area (Å²) in [6.45, 7) is 6.16. The van der Waals surface area contributed by atoms with E-state index < -0.39 is 0 Å². The van der Waals surface area contributed by atoms with E-state index in [0.29, 0.717) is 12.3 Å². The predicted octanol–water partition coefficient (Wildman–Crippen LogP) is 7.34. The first kappa shape index (κ1) is 21.8. The topological polar surface area (TPSA) is 36.2 Å². The molecule has 0 fully saturated rings. The van der Waals surface area contributed by atoms with Crippen LogP contribution in [0, 0.1) is 0 Å². The molecule has 0 spiro atoms. The molecule has 0 aliphatic heterocycles. The van der Waals surface area contributed by atoms with Crippen LogP contribution in [0.25, 0.3) is 27.6 Å². The number of hydrogen-bond donors (Lipinski definition) is 0. The van der Waals surface area contributed by atoms with E-state index in [1.54, 1.807) is 11.9 Å². The molecule has 3 aromatic carbocycles. The molecule has 162 valence electrons. The van der Waals surface area contributed by atoms with Crippen molar-refractivity contribution in [3.63, 3.8) is 0 Å². The van der Waals surface area contributed by atoms with Crippen molar-refractivity contribution in [1.82, 2.24) is 8.54 Å². The van der Waals surface area contributed by atoms with Gasteiger partial charge < -0.3 is 4.74 Å². The van der Waals surface area contributed by atoms with Crippen LogP contribution in [0.5, 0.6) is 0 Å². The van der Waals surface area contributed by atoms with Gasteiger partial charge >= 0.3 is 5.97 Å². The van der Waals surface area contributed by atoms with Crippen LogP contribution in [-0.2, 0) is 4.74 Å². The lowest BCUT2D eigenvalue weighted by atomic mass is 10.2.